The molecule has 0 spiro atoms. The number of methoxy groups -OCH3 is 1. The van der Waals surface area contributed by atoms with Gasteiger partial charge in [0, 0.05) is 58.5 Å². The van der Waals surface area contributed by atoms with Gasteiger partial charge in [-0.3, -0.25) is 13.9 Å². The lowest BCUT2D eigenvalue weighted by atomic mass is 10.2. The van der Waals surface area contributed by atoms with Crippen LogP contribution in [0.15, 0.2) is 64.3 Å². The van der Waals surface area contributed by atoms with Gasteiger partial charge in [0.25, 0.3) is 10.0 Å². The van der Waals surface area contributed by atoms with Crippen LogP contribution in [0.2, 0.25) is 0 Å². The molecule has 0 fully saturated rings. The number of ether oxygens (including phenoxy) is 4. The molecule has 0 aliphatic rings. The number of aryl methyl sites for hydroxylation is 2. The minimum atomic E-state index is -4.13. The second kappa shape index (κ2) is 12.8. The third kappa shape index (κ3) is 6.82. The molecule has 0 radical (unpaired) electrons. The third-order valence-corrected chi connectivity index (χ3v) is 7.57. The Labute approximate surface area is 238 Å². The molecule has 216 valence electrons. The standard InChI is InChI=1S/C29H32N4O7S/c1-5-10-38-21-14-22(39-12-7-11-37-4)16-23(15-21)40-28-18-27-26(32(2)29(34)33(27)3)17-25(28)31-41(35,36)24-9-6-8-20(13-24)19-30/h6,8-9,13-18,31H,5,7,10-12H2,1-4H3. The number of hydrogen-bond donors (Lipinski definition) is 1. The molecule has 0 amide bonds. The Balaban J connectivity index is 1.78. The second-order valence-electron chi connectivity index (χ2n) is 9.27. The first-order valence-corrected chi connectivity index (χ1v) is 14.4. The van der Waals surface area contributed by atoms with Crippen LogP contribution in [0.3, 0.4) is 0 Å². The molecule has 0 saturated carbocycles. The first kappa shape index (κ1) is 29.5. The van der Waals surface area contributed by atoms with Crippen molar-refractivity contribution in [2.24, 2.45) is 14.1 Å². The van der Waals surface area contributed by atoms with Crippen LogP contribution in [0.25, 0.3) is 11.0 Å². The highest BCUT2D eigenvalue weighted by Crippen LogP contribution is 2.38. The molecule has 41 heavy (non-hydrogen) atoms. The number of aromatic nitrogens is 2. The summed E-state index contributed by atoms with van der Waals surface area (Å²) in [5.74, 6) is 1.52. The van der Waals surface area contributed by atoms with Gasteiger partial charge in [-0.25, -0.2) is 13.2 Å². The number of imidazole rings is 1. The minimum absolute atomic E-state index is 0.0914. The average Bonchev–Trinajstić information content (AvgIpc) is 3.17. The monoisotopic (exact) mass is 580 g/mol. The highest BCUT2D eigenvalue weighted by Gasteiger charge is 2.21. The summed E-state index contributed by atoms with van der Waals surface area (Å²) in [6.45, 7) is 3.44. The van der Waals surface area contributed by atoms with E-state index < -0.39 is 10.0 Å². The van der Waals surface area contributed by atoms with E-state index in [1.807, 2.05) is 13.0 Å². The fraction of sp³-hybridized carbons (Fsp3) is 0.310. The molecular formula is C29H32N4O7S. The highest BCUT2D eigenvalue weighted by molar-refractivity contribution is 7.92. The summed E-state index contributed by atoms with van der Waals surface area (Å²) in [6.07, 6.45) is 1.48. The summed E-state index contributed by atoms with van der Waals surface area (Å²) in [4.78, 5) is 12.6. The Hall–Kier alpha value is -4.47. The van der Waals surface area contributed by atoms with Crippen LogP contribution in [0.5, 0.6) is 23.0 Å². The molecule has 1 heterocycles. The fourth-order valence-electron chi connectivity index (χ4n) is 4.14. The van der Waals surface area contributed by atoms with E-state index in [9.17, 15) is 18.5 Å². The number of rotatable bonds is 13. The van der Waals surface area contributed by atoms with E-state index in [0.29, 0.717) is 54.5 Å². The van der Waals surface area contributed by atoms with Crippen LogP contribution in [0.1, 0.15) is 25.3 Å². The van der Waals surface area contributed by atoms with Gasteiger partial charge in [0.15, 0.2) is 5.75 Å². The summed E-state index contributed by atoms with van der Waals surface area (Å²) in [5, 5.41) is 9.24. The predicted octanol–water partition coefficient (Wildman–Crippen LogP) is 4.55. The van der Waals surface area contributed by atoms with Crippen molar-refractivity contribution >= 4 is 26.7 Å². The maximum atomic E-state index is 13.4. The molecule has 4 rings (SSSR count). The Morgan fingerprint density at radius 1 is 0.902 bits per heavy atom. The number of benzene rings is 3. The molecule has 3 aromatic carbocycles. The second-order valence-corrected chi connectivity index (χ2v) is 11.0. The lowest BCUT2D eigenvalue weighted by molar-refractivity contribution is 0.172. The van der Waals surface area contributed by atoms with Crippen LogP contribution in [0, 0.1) is 11.3 Å². The van der Waals surface area contributed by atoms with E-state index in [0.717, 1.165) is 6.42 Å². The highest BCUT2D eigenvalue weighted by atomic mass is 32.2. The quantitative estimate of drug-likeness (QED) is 0.228. The Kier molecular flexibility index (Phi) is 9.21. The molecule has 12 heteroatoms. The van der Waals surface area contributed by atoms with Gasteiger partial charge in [0.2, 0.25) is 0 Å². The van der Waals surface area contributed by atoms with E-state index in [1.54, 1.807) is 45.5 Å². The van der Waals surface area contributed by atoms with Crippen molar-refractivity contribution in [2.75, 3.05) is 31.7 Å². The summed E-state index contributed by atoms with van der Waals surface area (Å²) in [6, 6.07) is 15.9. The topological polar surface area (TPSA) is 134 Å². The molecule has 0 aliphatic heterocycles. The van der Waals surface area contributed by atoms with Crippen LogP contribution in [-0.4, -0.2) is 44.5 Å². The maximum absolute atomic E-state index is 13.4. The normalized spacial score (nSPS) is 11.3. The Morgan fingerprint density at radius 3 is 2.22 bits per heavy atom. The van der Waals surface area contributed by atoms with Crippen molar-refractivity contribution in [1.29, 1.82) is 5.26 Å². The number of anilines is 1. The molecule has 0 unspecified atom stereocenters. The molecule has 4 aromatic rings. The number of nitrogens with zero attached hydrogens (tertiary/aromatic N) is 3. The van der Waals surface area contributed by atoms with Gasteiger partial charge < -0.3 is 18.9 Å². The SMILES string of the molecule is CCCOc1cc(OCCCOC)cc(Oc2cc3c(cc2NS(=O)(=O)c2cccc(C#N)c2)n(C)c(=O)n3C)c1. The van der Waals surface area contributed by atoms with Gasteiger partial charge in [-0.2, -0.15) is 5.26 Å². The smallest absolute Gasteiger partial charge is 0.328 e. The molecule has 0 aliphatic carbocycles. The average molecular weight is 581 g/mol. The van der Waals surface area contributed by atoms with E-state index in [-0.39, 0.29) is 27.6 Å². The predicted molar refractivity (Wildman–Crippen MR) is 154 cm³/mol. The van der Waals surface area contributed by atoms with Gasteiger partial charge in [0.1, 0.15) is 17.2 Å². The zero-order valence-corrected chi connectivity index (χ0v) is 24.2. The lowest BCUT2D eigenvalue weighted by Gasteiger charge is -2.16. The van der Waals surface area contributed by atoms with Crippen LogP contribution in [0.4, 0.5) is 5.69 Å². The minimum Gasteiger partial charge on any atom is -0.493 e. The summed E-state index contributed by atoms with van der Waals surface area (Å²) < 4.78 is 55.2. The van der Waals surface area contributed by atoms with Gasteiger partial charge in [-0.05, 0) is 30.7 Å². The first-order chi connectivity index (χ1) is 19.7. The van der Waals surface area contributed by atoms with E-state index in [4.69, 9.17) is 18.9 Å². The summed E-state index contributed by atoms with van der Waals surface area (Å²) in [7, 11) is 0.714. The number of hydrogen-bond acceptors (Lipinski definition) is 8. The lowest BCUT2D eigenvalue weighted by Crippen LogP contribution is -2.19. The van der Waals surface area contributed by atoms with E-state index in [2.05, 4.69) is 4.72 Å². The molecule has 0 saturated heterocycles. The van der Waals surface area contributed by atoms with Crippen molar-refractivity contribution in [3.8, 4) is 29.1 Å². The van der Waals surface area contributed by atoms with Crippen molar-refractivity contribution in [3.05, 3.63) is 70.6 Å². The van der Waals surface area contributed by atoms with Crippen LogP contribution >= 0.6 is 0 Å². The number of nitrogens with one attached hydrogen (secondary N) is 1. The van der Waals surface area contributed by atoms with Crippen molar-refractivity contribution in [1.82, 2.24) is 9.13 Å². The number of fused-ring (bicyclic) bond motifs is 1. The number of sulfonamides is 1. The number of nitriles is 1. The van der Waals surface area contributed by atoms with Crippen LogP contribution < -0.4 is 24.6 Å². The fourth-order valence-corrected chi connectivity index (χ4v) is 5.24. The van der Waals surface area contributed by atoms with Crippen molar-refractivity contribution < 1.29 is 27.4 Å². The van der Waals surface area contributed by atoms with E-state index in [1.165, 1.54) is 39.5 Å². The van der Waals surface area contributed by atoms with Gasteiger partial charge in [-0.1, -0.05) is 13.0 Å². The molecule has 0 atom stereocenters. The molecule has 0 bridgehead atoms. The van der Waals surface area contributed by atoms with Crippen molar-refractivity contribution in [3.63, 3.8) is 0 Å². The Bertz CT molecular complexity index is 1750. The van der Waals surface area contributed by atoms with Crippen LogP contribution in [-0.2, 0) is 28.9 Å². The maximum Gasteiger partial charge on any atom is 0.328 e. The van der Waals surface area contributed by atoms with Gasteiger partial charge in [-0.15, -0.1) is 0 Å². The van der Waals surface area contributed by atoms with Crippen molar-refractivity contribution in [2.45, 2.75) is 24.7 Å². The third-order valence-electron chi connectivity index (χ3n) is 6.21. The zero-order valence-electron chi connectivity index (χ0n) is 23.3. The molecule has 11 nitrogen and oxygen atoms in total. The Morgan fingerprint density at radius 2 is 1.56 bits per heavy atom. The zero-order chi connectivity index (χ0) is 29.6. The molecule has 1 N–H and O–H groups in total. The van der Waals surface area contributed by atoms with Gasteiger partial charge in [0.05, 0.1) is 46.5 Å². The summed E-state index contributed by atoms with van der Waals surface area (Å²) >= 11 is 0. The van der Waals surface area contributed by atoms with Gasteiger partial charge >= 0.3 is 5.69 Å². The largest absolute Gasteiger partial charge is 0.493 e. The van der Waals surface area contributed by atoms with E-state index >= 15 is 0 Å². The molecule has 1 aromatic heterocycles. The molecular weight excluding hydrogens is 548 g/mol. The first-order valence-electron chi connectivity index (χ1n) is 13.0. The summed E-state index contributed by atoms with van der Waals surface area (Å²) in [5.41, 5.74) is 1.05.